The zero-order valence-electron chi connectivity index (χ0n) is 26.4. The summed E-state index contributed by atoms with van der Waals surface area (Å²) in [6, 6.07) is 25.3. The summed E-state index contributed by atoms with van der Waals surface area (Å²) in [5.41, 5.74) is 4.32. The lowest BCUT2D eigenvalue weighted by molar-refractivity contribution is -0.384. The highest BCUT2D eigenvalue weighted by atomic mass is 16.6. The molecule has 0 aliphatic rings. The minimum Gasteiger partial charge on any atom is -0.445 e. The number of nitrogens with zero attached hydrogens (tertiary/aromatic N) is 4. The van der Waals surface area contributed by atoms with E-state index in [1.54, 1.807) is 23.1 Å². The minimum absolute atomic E-state index is 0.0144. The van der Waals surface area contributed by atoms with E-state index < -0.39 is 4.92 Å². The molecule has 0 saturated carbocycles. The highest BCUT2D eigenvalue weighted by molar-refractivity contribution is 5.75. The Balaban J connectivity index is 1.23. The average molecular weight is 611 g/mol. The molecule has 0 radical (unpaired) electrons. The summed E-state index contributed by atoms with van der Waals surface area (Å²) in [5.74, 6) is 0.433. The van der Waals surface area contributed by atoms with Crippen molar-refractivity contribution in [1.29, 1.82) is 0 Å². The molecule has 3 aromatic carbocycles. The molecule has 1 heterocycles. The zero-order valence-corrected chi connectivity index (χ0v) is 26.4. The van der Waals surface area contributed by atoms with Crippen molar-refractivity contribution in [3.63, 3.8) is 0 Å². The number of non-ortho nitro benzene ring substituents is 1. The van der Waals surface area contributed by atoms with Crippen LogP contribution in [0.3, 0.4) is 0 Å². The molecule has 0 N–H and O–H groups in total. The maximum absolute atomic E-state index is 13.1. The van der Waals surface area contributed by atoms with Gasteiger partial charge >= 0.3 is 6.09 Å². The molecule has 8 nitrogen and oxygen atoms in total. The second-order valence-electron chi connectivity index (χ2n) is 11.7. The number of rotatable bonds is 19. The van der Waals surface area contributed by atoms with Crippen LogP contribution in [0.1, 0.15) is 81.8 Å². The van der Waals surface area contributed by atoms with Crippen molar-refractivity contribution < 1.29 is 14.5 Å². The number of imidazole rings is 1. The molecule has 0 aliphatic heterocycles. The molecular formula is C37H46N4O4. The molecule has 2 atom stereocenters. The van der Waals surface area contributed by atoms with E-state index in [-0.39, 0.29) is 24.4 Å². The zero-order chi connectivity index (χ0) is 31.9. The molecule has 8 heteroatoms. The van der Waals surface area contributed by atoms with Gasteiger partial charge in [-0.3, -0.25) is 10.1 Å². The summed E-state index contributed by atoms with van der Waals surface area (Å²) in [4.78, 5) is 29.9. The maximum atomic E-state index is 13.1. The molecule has 238 valence electrons. The molecular weight excluding hydrogens is 564 g/mol. The van der Waals surface area contributed by atoms with Crippen LogP contribution >= 0.6 is 0 Å². The summed E-state index contributed by atoms with van der Waals surface area (Å²) in [7, 11) is 0. The molecule has 0 spiro atoms. The summed E-state index contributed by atoms with van der Waals surface area (Å²) in [6.45, 7) is 7.41. The van der Waals surface area contributed by atoms with E-state index in [0.717, 1.165) is 50.6 Å². The molecule has 0 fully saturated rings. The second kappa shape index (κ2) is 17.7. The van der Waals surface area contributed by atoms with Crippen molar-refractivity contribution in [3.05, 3.63) is 119 Å². The quantitative estimate of drug-likeness (QED) is 0.0456. The average Bonchev–Trinajstić information content (AvgIpc) is 3.48. The monoisotopic (exact) mass is 610 g/mol. The number of fused-ring (bicyclic) bond motifs is 1. The lowest BCUT2D eigenvalue weighted by Gasteiger charge is -2.30. The van der Waals surface area contributed by atoms with Gasteiger partial charge in [0.1, 0.15) is 6.61 Å². The van der Waals surface area contributed by atoms with Crippen LogP contribution in [-0.2, 0) is 17.9 Å². The van der Waals surface area contributed by atoms with Gasteiger partial charge < -0.3 is 14.2 Å². The summed E-state index contributed by atoms with van der Waals surface area (Å²) >= 11 is 0. The van der Waals surface area contributed by atoms with Gasteiger partial charge in [-0.2, -0.15) is 0 Å². The fraction of sp³-hybridized carbons (Fsp3) is 0.405. The molecule has 2 unspecified atom stereocenters. The Kier molecular flexibility index (Phi) is 13.2. The van der Waals surface area contributed by atoms with Gasteiger partial charge in [-0.25, -0.2) is 9.78 Å². The normalized spacial score (nSPS) is 12.5. The van der Waals surface area contributed by atoms with Crippen LogP contribution in [0.4, 0.5) is 10.5 Å². The number of aromatic nitrogens is 2. The number of para-hydroxylation sites is 2. The number of ether oxygens (including phenoxy) is 1. The number of nitro groups is 1. The Bertz CT molecular complexity index is 1490. The van der Waals surface area contributed by atoms with Crippen LogP contribution in [0.5, 0.6) is 0 Å². The van der Waals surface area contributed by atoms with Gasteiger partial charge in [0.15, 0.2) is 0 Å². The number of carbonyl (C=O) groups excluding carboxylic acids is 1. The van der Waals surface area contributed by atoms with Gasteiger partial charge in [0, 0.05) is 37.2 Å². The molecule has 0 aliphatic carbocycles. The van der Waals surface area contributed by atoms with Crippen LogP contribution in [0, 0.1) is 10.1 Å². The number of hydrogen-bond donors (Lipinski definition) is 0. The van der Waals surface area contributed by atoms with Crippen LogP contribution in [0.2, 0.25) is 0 Å². The van der Waals surface area contributed by atoms with Gasteiger partial charge in [0.05, 0.1) is 22.3 Å². The van der Waals surface area contributed by atoms with Gasteiger partial charge in [-0.15, -0.1) is 6.58 Å². The fourth-order valence-electron chi connectivity index (χ4n) is 6.03. The Morgan fingerprint density at radius 2 is 1.64 bits per heavy atom. The van der Waals surface area contributed by atoms with E-state index in [1.165, 1.54) is 42.5 Å². The fourth-order valence-corrected chi connectivity index (χ4v) is 6.03. The third kappa shape index (κ3) is 10.0. The van der Waals surface area contributed by atoms with Crippen LogP contribution in [-0.4, -0.2) is 38.1 Å². The van der Waals surface area contributed by atoms with Gasteiger partial charge in [-0.05, 0) is 54.7 Å². The molecule has 0 saturated heterocycles. The number of carbonyl (C=O) groups is 1. The molecule has 4 rings (SSSR count). The summed E-state index contributed by atoms with van der Waals surface area (Å²) < 4.78 is 7.90. The van der Waals surface area contributed by atoms with Crippen LogP contribution in [0.15, 0.2) is 97.8 Å². The van der Waals surface area contributed by atoms with Crippen molar-refractivity contribution in [3.8, 4) is 0 Å². The highest BCUT2D eigenvalue weighted by Crippen LogP contribution is 2.27. The summed E-state index contributed by atoms with van der Waals surface area (Å²) in [6.07, 6.45) is 13.0. The number of nitro benzene ring substituents is 1. The molecule has 1 aromatic heterocycles. The maximum Gasteiger partial charge on any atom is 0.410 e. The Morgan fingerprint density at radius 1 is 0.956 bits per heavy atom. The molecule has 45 heavy (non-hydrogen) atoms. The van der Waals surface area contributed by atoms with E-state index in [1.807, 2.05) is 12.4 Å². The highest BCUT2D eigenvalue weighted by Gasteiger charge is 2.23. The molecule has 1 amide bonds. The van der Waals surface area contributed by atoms with Crippen molar-refractivity contribution in [2.24, 2.45) is 0 Å². The molecule has 0 bridgehead atoms. The third-order valence-electron chi connectivity index (χ3n) is 8.44. The lowest BCUT2D eigenvalue weighted by atomic mass is 9.92. The van der Waals surface area contributed by atoms with E-state index in [9.17, 15) is 14.9 Å². The standard InChI is InChI=1S/C37H46N4O4/c1-3-15-33(40(26-4-2)37(42)45-28-30-22-24-34(25-23-30)41(43)44)19-12-7-5-6-9-18-32(31-16-10-8-11-17-31)27-39-29-38-35-20-13-14-21-36(35)39/h4,8,10-11,13-14,16-17,20-25,29,32-33H,2-3,5-7,9,12,15,18-19,26-28H2,1H3. The van der Waals surface area contributed by atoms with Crippen LogP contribution < -0.4 is 0 Å². The van der Waals surface area contributed by atoms with Crippen molar-refractivity contribution >= 4 is 22.8 Å². The number of benzene rings is 3. The molecule has 4 aromatic rings. The Morgan fingerprint density at radius 3 is 2.36 bits per heavy atom. The number of unbranched alkanes of at least 4 members (excludes halogenated alkanes) is 4. The SMILES string of the molecule is C=CCN(C(=O)OCc1ccc([N+](=O)[O-])cc1)C(CCC)CCCCCCCC(Cn1cnc2ccccc21)c1ccccc1. The van der Waals surface area contributed by atoms with Crippen molar-refractivity contribution in [2.75, 3.05) is 6.54 Å². The minimum atomic E-state index is -0.441. The van der Waals surface area contributed by atoms with Crippen LogP contribution in [0.25, 0.3) is 11.0 Å². The third-order valence-corrected chi connectivity index (χ3v) is 8.44. The largest absolute Gasteiger partial charge is 0.445 e. The first-order valence-electron chi connectivity index (χ1n) is 16.2. The second-order valence-corrected chi connectivity index (χ2v) is 11.7. The Labute approximate surface area is 266 Å². The van der Waals surface area contributed by atoms with E-state index in [4.69, 9.17) is 4.74 Å². The summed E-state index contributed by atoms with van der Waals surface area (Å²) in [5, 5.41) is 10.9. The topological polar surface area (TPSA) is 90.5 Å². The predicted molar refractivity (Wildman–Crippen MR) is 180 cm³/mol. The number of amides is 1. The van der Waals surface area contributed by atoms with Crippen molar-refractivity contribution in [2.45, 2.75) is 89.8 Å². The number of hydrogen-bond acceptors (Lipinski definition) is 5. The van der Waals surface area contributed by atoms with E-state index >= 15 is 0 Å². The smallest absolute Gasteiger partial charge is 0.410 e. The van der Waals surface area contributed by atoms with Gasteiger partial charge in [0.25, 0.3) is 5.69 Å². The first kappa shape index (κ1) is 33.4. The van der Waals surface area contributed by atoms with Gasteiger partial charge in [-0.1, -0.05) is 94.0 Å². The van der Waals surface area contributed by atoms with E-state index in [2.05, 4.69) is 71.6 Å². The van der Waals surface area contributed by atoms with Gasteiger partial charge in [0.2, 0.25) is 0 Å². The van der Waals surface area contributed by atoms with Crippen molar-refractivity contribution in [1.82, 2.24) is 14.5 Å². The predicted octanol–water partition coefficient (Wildman–Crippen LogP) is 9.45. The Hall–Kier alpha value is -4.46. The first-order chi connectivity index (χ1) is 22.0. The first-order valence-corrected chi connectivity index (χ1v) is 16.2. The van der Waals surface area contributed by atoms with E-state index in [0.29, 0.717) is 18.0 Å². The lowest BCUT2D eigenvalue weighted by Crippen LogP contribution is -2.40.